The third-order valence-electron chi connectivity index (χ3n) is 5.90. The highest BCUT2D eigenvalue weighted by molar-refractivity contribution is 5.87. The lowest BCUT2D eigenvalue weighted by atomic mass is 10.2. The number of rotatable bonds is 16. The number of carbonyl (C=O) groups is 2. The molecule has 0 radical (unpaired) electrons. The van der Waals surface area contributed by atoms with E-state index in [2.05, 4.69) is 67.2 Å². The quantitative estimate of drug-likeness (QED) is 0.132. The number of unbranched alkanes of at least 4 members (excludes halogenated alkanes) is 2. The molecule has 0 unspecified atom stereocenters. The molecule has 0 saturated heterocycles. The van der Waals surface area contributed by atoms with Gasteiger partial charge in [0.2, 0.25) is 11.9 Å². The van der Waals surface area contributed by atoms with Gasteiger partial charge in [-0.05, 0) is 65.6 Å². The third-order valence-corrected chi connectivity index (χ3v) is 5.90. The molecule has 0 spiro atoms. The summed E-state index contributed by atoms with van der Waals surface area (Å²) in [4.78, 5) is 62.8. The molecule has 0 aliphatic heterocycles. The van der Waals surface area contributed by atoms with Gasteiger partial charge in [0, 0.05) is 36.6 Å². The lowest BCUT2D eigenvalue weighted by molar-refractivity contribution is -0.870. The first-order chi connectivity index (χ1) is 18.9. The van der Waals surface area contributed by atoms with Crippen LogP contribution in [0, 0.1) is 13.8 Å². The van der Waals surface area contributed by atoms with Crippen molar-refractivity contribution in [3.63, 3.8) is 0 Å². The van der Waals surface area contributed by atoms with E-state index >= 15 is 0 Å². The van der Waals surface area contributed by atoms with Crippen LogP contribution < -0.4 is 32.4 Å². The third kappa shape index (κ3) is 14.4. The number of anilines is 2. The van der Waals surface area contributed by atoms with Crippen LogP contribution in [-0.2, 0) is 0 Å². The summed E-state index contributed by atoms with van der Waals surface area (Å²) in [6, 6.07) is 1.84. The molecule has 222 valence electrons. The normalized spacial score (nSPS) is 11.3. The molecular formula is C26H45N10O4+. The number of hydrogen-bond donors (Lipinski definition) is 6. The van der Waals surface area contributed by atoms with Gasteiger partial charge >= 0.3 is 12.1 Å². The first kappa shape index (κ1) is 32.4. The molecule has 0 aliphatic rings. The van der Waals surface area contributed by atoms with Gasteiger partial charge in [0.15, 0.2) is 0 Å². The van der Waals surface area contributed by atoms with E-state index in [1.165, 1.54) is 12.1 Å². The largest absolute Gasteiger partial charge is 0.338 e. The van der Waals surface area contributed by atoms with Crippen molar-refractivity contribution in [1.82, 2.24) is 35.5 Å². The maximum Gasteiger partial charge on any atom is 0.321 e. The molecule has 14 heteroatoms. The van der Waals surface area contributed by atoms with E-state index in [0.717, 1.165) is 62.8 Å². The second-order valence-corrected chi connectivity index (χ2v) is 10.9. The summed E-state index contributed by atoms with van der Waals surface area (Å²) in [5.74, 6) is 0.221. The Kier molecular flexibility index (Phi) is 13.3. The summed E-state index contributed by atoms with van der Waals surface area (Å²) in [6.07, 6.45) is 4.84. The molecule has 0 fully saturated rings. The zero-order chi connectivity index (χ0) is 29.5. The van der Waals surface area contributed by atoms with Gasteiger partial charge < -0.3 is 30.0 Å². The molecule has 0 saturated carbocycles. The highest BCUT2D eigenvalue weighted by atomic mass is 16.2. The van der Waals surface area contributed by atoms with Crippen molar-refractivity contribution in [1.29, 1.82) is 0 Å². The number of nitrogens with zero attached hydrogens (tertiary/aromatic N) is 4. The molecule has 0 bridgehead atoms. The van der Waals surface area contributed by atoms with E-state index < -0.39 is 23.2 Å². The summed E-state index contributed by atoms with van der Waals surface area (Å²) in [7, 11) is 6.58. The van der Waals surface area contributed by atoms with Gasteiger partial charge in [-0.2, -0.15) is 9.97 Å². The first-order valence-electron chi connectivity index (χ1n) is 13.7. The monoisotopic (exact) mass is 561 g/mol. The van der Waals surface area contributed by atoms with E-state index in [1.54, 1.807) is 13.8 Å². The van der Waals surface area contributed by atoms with Crippen LogP contribution in [0.25, 0.3) is 0 Å². The molecular weight excluding hydrogens is 516 g/mol. The van der Waals surface area contributed by atoms with Crippen molar-refractivity contribution in [2.75, 3.05) is 71.0 Å². The van der Waals surface area contributed by atoms with Crippen molar-refractivity contribution in [3.8, 4) is 0 Å². The Morgan fingerprint density at radius 1 is 0.750 bits per heavy atom. The van der Waals surface area contributed by atoms with Crippen LogP contribution in [0.15, 0.2) is 21.7 Å². The summed E-state index contributed by atoms with van der Waals surface area (Å²) in [6.45, 7) is 7.98. The molecule has 2 heterocycles. The predicted octanol–water partition coefficient (Wildman–Crippen LogP) is 1.37. The van der Waals surface area contributed by atoms with Gasteiger partial charge in [0.25, 0.3) is 11.1 Å². The molecule has 4 amide bonds. The van der Waals surface area contributed by atoms with Gasteiger partial charge in [-0.25, -0.2) is 9.59 Å². The van der Waals surface area contributed by atoms with Gasteiger partial charge in [-0.3, -0.25) is 20.2 Å². The molecule has 6 N–H and O–H groups in total. The van der Waals surface area contributed by atoms with Crippen LogP contribution in [-0.4, -0.2) is 102 Å². The van der Waals surface area contributed by atoms with Crippen molar-refractivity contribution >= 4 is 24.0 Å². The molecule has 0 atom stereocenters. The Labute approximate surface area is 235 Å². The Balaban J connectivity index is 1.75. The fourth-order valence-corrected chi connectivity index (χ4v) is 4.02. The number of hydrogen-bond acceptors (Lipinski definition) is 7. The Morgan fingerprint density at radius 3 is 1.62 bits per heavy atom. The zero-order valence-electron chi connectivity index (χ0n) is 24.4. The minimum Gasteiger partial charge on any atom is -0.338 e. The number of quaternary nitrogens is 1. The zero-order valence-corrected chi connectivity index (χ0v) is 24.4. The maximum atomic E-state index is 12.2. The maximum absolute atomic E-state index is 12.2. The number of urea groups is 2. The second-order valence-electron chi connectivity index (χ2n) is 10.9. The lowest BCUT2D eigenvalue weighted by Gasteiger charge is -2.25. The number of H-pyrrole nitrogens is 2. The van der Waals surface area contributed by atoms with Crippen molar-refractivity contribution in [2.24, 2.45) is 0 Å². The van der Waals surface area contributed by atoms with E-state index in [0.29, 0.717) is 24.5 Å². The Bertz CT molecular complexity index is 1120. The van der Waals surface area contributed by atoms with Crippen LogP contribution in [0.2, 0.25) is 0 Å². The average molecular weight is 562 g/mol. The second kappa shape index (κ2) is 16.4. The number of aromatic amines is 2. The number of aryl methyl sites for hydroxylation is 2. The van der Waals surface area contributed by atoms with Gasteiger partial charge in [0.1, 0.15) is 0 Å². The van der Waals surface area contributed by atoms with E-state index in [1.807, 2.05) is 0 Å². The smallest absolute Gasteiger partial charge is 0.321 e. The molecule has 40 heavy (non-hydrogen) atoms. The average Bonchev–Trinajstić information content (AvgIpc) is 2.81. The van der Waals surface area contributed by atoms with Crippen LogP contribution in [0.5, 0.6) is 0 Å². The van der Waals surface area contributed by atoms with Gasteiger partial charge in [-0.1, -0.05) is 0 Å². The summed E-state index contributed by atoms with van der Waals surface area (Å²) in [5.41, 5.74) is 0.386. The van der Waals surface area contributed by atoms with E-state index in [4.69, 9.17) is 0 Å². The van der Waals surface area contributed by atoms with Crippen LogP contribution in [0.4, 0.5) is 21.5 Å². The van der Waals surface area contributed by atoms with E-state index in [-0.39, 0.29) is 11.9 Å². The van der Waals surface area contributed by atoms with Crippen LogP contribution in [0.1, 0.15) is 43.5 Å². The number of nitrogens with one attached hydrogen (secondary N) is 6. The fourth-order valence-electron chi connectivity index (χ4n) is 4.02. The number of aromatic nitrogens is 4. The van der Waals surface area contributed by atoms with E-state index in [9.17, 15) is 19.2 Å². The molecule has 2 rings (SSSR count). The molecule has 14 nitrogen and oxygen atoms in total. The van der Waals surface area contributed by atoms with Crippen LogP contribution in [0.3, 0.4) is 0 Å². The van der Waals surface area contributed by atoms with Crippen molar-refractivity contribution in [2.45, 2.75) is 46.0 Å². The Morgan fingerprint density at radius 2 is 1.20 bits per heavy atom. The lowest BCUT2D eigenvalue weighted by Crippen LogP contribution is -2.36. The van der Waals surface area contributed by atoms with Crippen LogP contribution >= 0.6 is 0 Å². The summed E-state index contributed by atoms with van der Waals surface area (Å²) < 4.78 is 0.948. The predicted molar refractivity (Wildman–Crippen MR) is 156 cm³/mol. The van der Waals surface area contributed by atoms with Gasteiger partial charge in [0.05, 0.1) is 27.7 Å². The minimum absolute atomic E-state index is 0.110. The first-order valence-corrected chi connectivity index (χ1v) is 13.7. The standard InChI is InChI=1S/C26H44N10O4/c1-19-17-21(37)31-23(29-19)33-25(39)27-11-9-14-35(13-7-6-8-16-36(3,4)5)15-10-12-28-26(40)34-24-30-20(2)18-22(38)32-24/h17-18H,6-16H2,1-5H3,(H5-,27,28,29,30,31,32,33,34,37,38,39,40)/p+1. The SMILES string of the molecule is Cc1cc(=O)nc(NC(=O)NCCCN(CCCCC[N+](C)(C)C)CCCNC(=O)Nc2nc(=O)cc(C)[nH]2)[nH]1. The number of amides is 4. The molecule has 0 aromatic carbocycles. The molecule has 0 aliphatic carbocycles. The fraction of sp³-hybridized carbons (Fsp3) is 0.615. The van der Waals surface area contributed by atoms with Crippen molar-refractivity contribution < 1.29 is 14.1 Å². The highest BCUT2D eigenvalue weighted by Crippen LogP contribution is 2.04. The molecule has 2 aromatic rings. The Hall–Kier alpha value is -3.78. The minimum atomic E-state index is -0.430. The summed E-state index contributed by atoms with van der Waals surface area (Å²) >= 11 is 0. The number of carbonyl (C=O) groups excluding carboxylic acids is 2. The highest BCUT2D eigenvalue weighted by Gasteiger charge is 2.10. The van der Waals surface area contributed by atoms with Gasteiger partial charge in [-0.15, -0.1) is 0 Å². The van der Waals surface area contributed by atoms with Crippen molar-refractivity contribution in [3.05, 3.63) is 44.2 Å². The topological polar surface area (TPSA) is 177 Å². The summed E-state index contributed by atoms with van der Waals surface area (Å²) in [5, 5.41) is 10.7. The molecule has 2 aromatic heterocycles.